The Morgan fingerprint density at radius 1 is 1.44 bits per heavy atom. The van der Waals surface area contributed by atoms with Crippen LogP contribution in [0.3, 0.4) is 0 Å². The molecule has 3 N–H and O–H groups in total. The van der Waals surface area contributed by atoms with Crippen LogP contribution in [-0.4, -0.2) is 23.7 Å². The highest BCUT2D eigenvalue weighted by Crippen LogP contribution is 2.37. The van der Waals surface area contributed by atoms with Gasteiger partial charge in [0.25, 0.3) is 0 Å². The molecule has 18 heavy (non-hydrogen) atoms. The molecule has 1 amide bonds. The van der Waals surface area contributed by atoms with Gasteiger partial charge in [0, 0.05) is 18.3 Å². The van der Waals surface area contributed by atoms with E-state index in [1.54, 1.807) is 0 Å². The lowest BCUT2D eigenvalue weighted by Crippen LogP contribution is -2.29. The van der Waals surface area contributed by atoms with Gasteiger partial charge in [0.2, 0.25) is 5.91 Å². The van der Waals surface area contributed by atoms with Crippen LogP contribution in [0.4, 0.5) is 5.69 Å². The third-order valence-electron chi connectivity index (χ3n) is 3.50. The number of hydrogen-bond acceptors (Lipinski definition) is 3. The monoisotopic (exact) mass is 248 g/mol. The first-order valence-electron chi connectivity index (χ1n) is 6.24. The van der Waals surface area contributed by atoms with Crippen LogP contribution in [0.5, 0.6) is 0 Å². The van der Waals surface area contributed by atoms with Crippen molar-refractivity contribution in [2.45, 2.75) is 38.8 Å². The van der Waals surface area contributed by atoms with Crippen molar-refractivity contribution in [1.82, 2.24) is 5.32 Å². The normalized spacial score (nSPS) is 18.3. The molecule has 1 aliphatic heterocycles. The largest absolute Gasteiger partial charge is 0.395 e. The molecule has 1 heterocycles. The zero-order valence-electron chi connectivity index (χ0n) is 11.1. The van der Waals surface area contributed by atoms with E-state index in [4.69, 9.17) is 5.11 Å². The van der Waals surface area contributed by atoms with Gasteiger partial charge >= 0.3 is 0 Å². The summed E-state index contributed by atoms with van der Waals surface area (Å²) < 4.78 is 0. The predicted molar refractivity (Wildman–Crippen MR) is 71.5 cm³/mol. The number of nitrogens with one attached hydrogen (secondary N) is 2. The summed E-state index contributed by atoms with van der Waals surface area (Å²) in [6.07, 6.45) is 0. The number of rotatable bonds is 4. The van der Waals surface area contributed by atoms with Crippen molar-refractivity contribution < 1.29 is 9.90 Å². The highest BCUT2D eigenvalue weighted by Gasteiger charge is 2.38. The number of fused-ring (bicyclic) bond motifs is 1. The van der Waals surface area contributed by atoms with Crippen LogP contribution in [0.1, 0.15) is 31.9 Å². The minimum absolute atomic E-state index is 0.0475. The highest BCUT2D eigenvalue weighted by molar-refractivity contribution is 6.05. The van der Waals surface area contributed by atoms with Crippen molar-refractivity contribution in [3.8, 4) is 0 Å². The van der Waals surface area contributed by atoms with Gasteiger partial charge in [0.1, 0.15) is 0 Å². The molecule has 0 spiro atoms. The SMILES string of the molecule is CC(CO)NCc1ccc2c(c1)C(C)(C)C(=O)N2. The van der Waals surface area contributed by atoms with Crippen LogP contribution in [0.2, 0.25) is 0 Å². The van der Waals surface area contributed by atoms with E-state index in [0.717, 1.165) is 16.8 Å². The fourth-order valence-electron chi connectivity index (χ4n) is 2.08. The lowest BCUT2D eigenvalue weighted by molar-refractivity contribution is -0.119. The van der Waals surface area contributed by atoms with E-state index in [2.05, 4.69) is 16.7 Å². The van der Waals surface area contributed by atoms with E-state index in [1.807, 2.05) is 32.9 Å². The van der Waals surface area contributed by atoms with E-state index in [-0.39, 0.29) is 18.6 Å². The molecule has 4 heteroatoms. The molecule has 0 aromatic heterocycles. The maximum absolute atomic E-state index is 11.8. The molecule has 4 nitrogen and oxygen atoms in total. The molecule has 0 fully saturated rings. The number of hydrogen-bond donors (Lipinski definition) is 3. The summed E-state index contributed by atoms with van der Waals surface area (Å²) in [5.41, 5.74) is 2.61. The van der Waals surface area contributed by atoms with Crippen molar-refractivity contribution in [3.05, 3.63) is 29.3 Å². The second kappa shape index (κ2) is 4.71. The summed E-state index contributed by atoms with van der Waals surface area (Å²) in [5.74, 6) is 0.0475. The van der Waals surface area contributed by atoms with Gasteiger partial charge in [-0.1, -0.05) is 12.1 Å². The Balaban J connectivity index is 2.18. The Hall–Kier alpha value is -1.39. The summed E-state index contributed by atoms with van der Waals surface area (Å²) >= 11 is 0. The topological polar surface area (TPSA) is 61.4 Å². The molecule has 1 aromatic rings. The van der Waals surface area contributed by atoms with Crippen LogP contribution in [-0.2, 0) is 16.8 Å². The van der Waals surface area contributed by atoms with Crippen LogP contribution in [0.25, 0.3) is 0 Å². The van der Waals surface area contributed by atoms with Gasteiger partial charge in [-0.15, -0.1) is 0 Å². The molecule has 0 radical (unpaired) electrons. The first-order valence-corrected chi connectivity index (χ1v) is 6.24. The fraction of sp³-hybridized carbons (Fsp3) is 0.500. The van der Waals surface area contributed by atoms with Crippen molar-refractivity contribution >= 4 is 11.6 Å². The van der Waals surface area contributed by atoms with Gasteiger partial charge in [-0.05, 0) is 38.0 Å². The van der Waals surface area contributed by atoms with Crippen LogP contribution in [0, 0.1) is 0 Å². The molecule has 0 aliphatic carbocycles. The first-order chi connectivity index (χ1) is 8.45. The quantitative estimate of drug-likeness (QED) is 0.754. The molecule has 0 saturated carbocycles. The molecule has 98 valence electrons. The number of aliphatic hydroxyl groups excluding tert-OH is 1. The Bertz CT molecular complexity index is 469. The fourth-order valence-corrected chi connectivity index (χ4v) is 2.08. The number of carbonyl (C=O) groups is 1. The summed E-state index contributed by atoms with van der Waals surface area (Å²) in [7, 11) is 0. The number of aliphatic hydroxyl groups is 1. The molecule has 1 unspecified atom stereocenters. The summed E-state index contributed by atoms with van der Waals surface area (Å²) in [4.78, 5) is 11.8. The molecular weight excluding hydrogens is 228 g/mol. The van der Waals surface area contributed by atoms with Gasteiger partial charge in [-0.3, -0.25) is 4.79 Å². The minimum atomic E-state index is -0.464. The predicted octanol–water partition coefficient (Wildman–Crippen LogP) is 1.39. The van der Waals surface area contributed by atoms with Crippen LogP contribution < -0.4 is 10.6 Å². The smallest absolute Gasteiger partial charge is 0.234 e. The Labute approximate surface area is 107 Å². The zero-order valence-corrected chi connectivity index (χ0v) is 11.1. The number of amides is 1. The summed E-state index contributed by atoms with van der Waals surface area (Å²) in [6, 6.07) is 6.08. The van der Waals surface area contributed by atoms with Crippen LogP contribution >= 0.6 is 0 Å². The van der Waals surface area contributed by atoms with Crippen molar-refractivity contribution in [1.29, 1.82) is 0 Å². The second-order valence-corrected chi connectivity index (χ2v) is 5.42. The highest BCUT2D eigenvalue weighted by atomic mass is 16.3. The average Bonchev–Trinajstić information content (AvgIpc) is 2.57. The second-order valence-electron chi connectivity index (χ2n) is 5.42. The van der Waals surface area contributed by atoms with Gasteiger partial charge in [-0.25, -0.2) is 0 Å². The van der Waals surface area contributed by atoms with E-state index in [0.29, 0.717) is 6.54 Å². The Morgan fingerprint density at radius 2 is 2.17 bits per heavy atom. The standard InChI is InChI=1S/C14H20N2O2/c1-9(8-17)15-7-10-4-5-12-11(6-10)14(2,3)13(18)16-12/h4-6,9,15,17H,7-8H2,1-3H3,(H,16,18). The van der Waals surface area contributed by atoms with Crippen LogP contribution in [0.15, 0.2) is 18.2 Å². The summed E-state index contributed by atoms with van der Waals surface area (Å²) in [5, 5.41) is 15.1. The van der Waals surface area contributed by atoms with Gasteiger partial charge < -0.3 is 15.7 Å². The number of benzene rings is 1. The van der Waals surface area contributed by atoms with E-state index in [1.165, 1.54) is 0 Å². The first kappa shape index (κ1) is 13.1. The molecular formula is C14H20N2O2. The summed E-state index contributed by atoms with van der Waals surface area (Å²) in [6.45, 7) is 6.61. The van der Waals surface area contributed by atoms with E-state index in [9.17, 15) is 4.79 Å². The molecule has 0 bridgehead atoms. The Kier molecular flexibility index (Phi) is 3.41. The molecule has 1 aromatic carbocycles. The number of carbonyl (C=O) groups excluding carboxylic acids is 1. The molecule has 0 saturated heterocycles. The third kappa shape index (κ3) is 2.26. The lowest BCUT2D eigenvalue weighted by Gasteiger charge is -2.16. The number of anilines is 1. The van der Waals surface area contributed by atoms with Crippen molar-refractivity contribution in [2.24, 2.45) is 0 Å². The van der Waals surface area contributed by atoms with Gasteiger partial charge in [-0.2, -0.15) is 0 Å². The van der Waals surface area contributed by atoms with E-state index < -0.39 is 5.41 Å². The van der Waals surface area contributed by atoms with Crippen molar-refractivity contribution in [2.75, 3.05) is 11.9 Å². The average molecular weight is 248 g/mol. The molecule has 1 atom stereocenters. The van der Waals surface area contributed by atoms with E-state index >= 15 is 0 Å². The maximum Gasteiger partial charge on any atom is 0.234 e. The van der Waals surface area contributed by atoms with Crippen molar-refractivity contribution in [3.63, 3.8) is 0 Å². The maximum atomic E-state index is 11.8. The lowest BCUT2D eigenvalue weighted by atomic mass is 9.85. The van der Waals surface area contributed by atoms with Gasteiger partial charge in [0.05, 0.1) is 12.0 Å². The molecule has 2 rings (SSSR count). The Morgan fingerprint density at radius 3 is 2.83 bits per heavy atom. The molecule has 1 aliphatic rings. The minimum Gasteiger partial charge on any atom is -0.395 e. The zero-order chi connectivity index (χ0) is 13.3. The third-order valence-corrected chi connectivity index (χ3v) is 3.50. The van der Waals surface area contributed by atoms with Gasteiger partial charge in [0.15, 0.2) is 0 Å².